The van der Waals surface area contributed by atoms with Crippen molar-refractivity contribution in [2.45, 2.75) is 0 Å². The molecule has 4 aromatic rings. The Morgan fingerprint density at radius 2 is 1.64 bits per heavy atom. The first-order chi connectivity index (χ1) is 13.6. The Kier molecular flexibility index (Phi) is 4.61. The maximum Gasteiger partial charge on any atom is 0.162 e. The molecule has 0 bridgehead atoms. The van der Waals surface area contributed by atoms with Crippen molar-refractivity contribution in [2.24, 2.45) is 7.05 Å². The number of nitrogens with zero attached hydrogens (tertiary/aromatic N) is 3. The molecule has 2 aromatic carbocycles. The highest BCUT2D eigenvalue weighted by Gasteiger charge is 2.15. The smallest absolute Gasteiger partial charge is 0.162 e. The van der Waals surface area contributed by atoms with Gasteiger partial charge >= 0.3 is 0 Å². The number of pyridine rings is 1. The van der Waals surface area contributed by atoms with Crippen LogP contribution in [0.3, 0.4) is 0 Å². The van der Waals surface area contributed by atoms with Gasteiger partial charge in [0.1, 0.15) is 5.75 Å². The van der Waals surface area contributed by atoms with Gasteiger partial charge in [0.15, 0.2) is 11.5 Å². The van der Waals surface area contributed by atoms with Gasteiger partial charge in [-0.3, -0.25) is 4.68 Å². The maximum atomic E-state index is 5.51. The predicted octanol–water partition coefficient (Wildman–Crippen LogP) is 4.33. The minimum atomic E-state index is 0.641. The van der Waals surface area contributed by atoms with Crippen molar-refractivity contribution < 1.29 is 14.2 Å². The van der Waals surface area contributed by atoms with Crippen LogP contribution >= 0.6 is 0 Å². The molecule has 2 aromatic heterocycles. The maximum absolute atomic E-state index is 5.51. The van der Waals surface area contributed by atoms with Gasteiger partial charge in [0.05, 0.1) is 38.7 Å². The molecule has 0 saturated heterocycles. The van der Waals surface area contributed by atoms with Crippen LogP contribution in [0.2, 0.25) is 0 Å². The number of benzene rings is 2. The van der Waals surface area contributed by atoms with Crippen LogP contribution in [0.15, 0.2) is 54.9 Å². The average molecular weight is 375 g/mol. The summed E-state index contributed by atoms with van der Waals surface area (Å²) in [5.41, 5.74) is 4.67. The van der Waals surface area contributed by atoms with E-state index in [-0.39, 0.29) is 0 Å². The topological polar surface area (TPSA) is 58.4 Å². The summed E-state index contributed by atoms with van der Waals surface area (Å²) >= 11 is 0. The van der Waals surface area contributed by atoms with Crippen molar-refractivity contribution in [1.29, 1.82) is 0 Å². The number of hydrogen-bond donors (Lipinski definition) is 0. The van der Waals surface area contributed by atoms with Crippen LogP contribution in [0.5, 0.6) is 17.2 Å². The monoisotopic (exact) mass is 375 g/mol. The van der Waals surface area contributed by atoms with Crippen molar-refractivity contribution in [3.8, 4) is 39.6 Å². The Morgan fingerprint density at radius 1 is 0.857 bits per heavy atom. The van der Waals surface area contributed by atoms with Gasteiger partial charge in [0, 0.05) is 30.3 Å². The number of ether oxygens (including phenoxy) is 3. The summed E-state index contributed by atoms with van der Waals surface area (Å²) in [4.78, 5) is 4.85. The SMILES string of the molecule is COc1cccc(-c2cc(-c3cnn(C)c3)nc3cc(OC)c(OC)cc23)c1. The largest absolute Gasteiger partial charge is 0.497 e. The number of fused-ring (bicyclic) bond motifs is 1. The van der Waals surface area contributed by atoms with Gasteiger partial charge in [-0.05, 0) is 35.4 Å². The molecule has 2 heterocycles. The van der Waals surface area contributed by atoms with E-state index in [9.17, 15) is 0 Å². The van der Waals surface area contributed by atoms with Crippen molar-refractivity contribution in [2.75, 3.05) is 21.3 Å². The zero-order chi connectivity index (χ0) is 19.7. The molecule has 0 unspecified atom stereocenters. The molecule has 0 spiro atoms. The predicted molar refractivity (Wildman–Crippen MR) is 109 cm³/mol. The van der Waals surface area contributed by atoms with Crippen LogP contribution in [-0.4, -0.2) is 36.1 Å². The van der Waals surface area contributed by atoms with E-state index in [0.717, 1.165) is 39.0 Å². The number of rotatable bonds is 5. The molecule has 0 atom stereocenters. The molecule has 0 saturated carbocycles. The third kappa shape index (κ3) is 3.13. The Hall–Kier alpha value is -3.54. The first-order valence-corrected chi connectivity index (χ1v) is 8.83. The lowest BCUT2D eigenvalue weighted by Crippen LogP contribution is -1.95. The third-order valence-corrected chi connectivity index (χ3v) is 4.70. The van der Waals surface area contributed by atoms with Crippen LogP contribution in [0.4, 0.5) is 0 Å². The molecule has 0 N–H and O–H groups in total. The van der Waals surface area contributed by atoms with E-state index in [0.29, 0.717) is 11.5 Å². The molecule has 0 aliphatic carbocycles. The second-order valence-corrected chi connectivity index (χ2v) is 6.41. The Bertz CT molecular complexity index is 1150. The second-order valence-electron chi connectivity index (χ2n) is 6.41. The number of aromatic nitrogens is 3. The van der Waals surface area contributed by atoms with Crippen molar-refractivity contribution in [3.05, 3.63) is 54.9 Å². The molecule has 4 rings (SSSR count). The number of aryl methyl sites for hydroxylation is 1. The standard InChI is InChI=1S/C22H21N3O3/c1-25-13-15(12-23-25)19-9-17(14-6-5-7-16(8-14)26-2)18-10-21(27-3)22(28-4)11-20(18)24-19/h5-13H,1-4H3. The summed E-state index contributed by atoms with van der Waals surface area (Å²) < 4.78 is 18.2. The molecule has 0 aliphatic rings. The van der Waals surface area contributed by atoms with Crippen LogP contribution < -0.4 is 14.2 Å². The van der Waals surface area contributed by atoms with Crippen molar-refractivity contribution >= 4 is 10.9 Å². The highest BCUT2D eigenvalue weighted by molar-refractivity contribution is 5.98. The van der Waals surface area contributed by atoms with Gasteiger partial charge in [-0.1, -0.05) is 12.1 Å². The molecule has 142 valence electrons. The fourth-order valence-electron chi connectivity index (χ4n) is 3.28. The lowest BCUT2D eigenvalue weighted by Gasteiger charge is -2.14. The van der Waals surface area contributed by atoms with Gasteiger partial charge in [-0.25, -0.2) is 4.98 Å². The van der Waals surface area contributed by atoms with Gasteiger partial charge in [0.25, 0.3) is 0 Å². The van der Waals surface area contributed by atoms with Crippen LogP contribution in [0.1, 0.15) is 0 Å². The van der Waals surface area contributed by atoms with E-state index in [4.69, 9.17) is 19.2 Å². The Labute approximate surface area is 163 Å². The van der Waals surface area contributed by atoms with E-state index >= 15 is 0 Å². The van der Waals surface area contributed by atoms with Gasteiger partial charge < -0.3 is 14.2 Å². The summed E-state index contributed by atoms with van der Waals surface area (Å²) in [5, 5.41) is 5.25. The molecule has 0 aliphatic heterocycles. The van der Waals surface area contributed by atoms with E-state index in [1.54, 1.807) is 26.0 Å². The van der Waals surface area contributed by atoms with Crippen molar-refractivity contribution in [1.82, 2.24) is 14.8 Å². The summed E-state index contributed by atoms with van der Waals surface area (Å²) in [7, 11) is 6.81. The van der Waals surface area contributed by atoms with E-state index in [1.807, 2.05) is 49.8 Å². The summed E-state index contributed by atoms with van der Waals surface area (Å²) in [6.45, 7) is 0. The molecule has 0 fully saturated rings. The molecule has 6 nitrogen and oxygen atoms in total. The first kappa shape index (κ1) is 17.9. The molecule has 6 heteroatoms. The first-order valence-electron chi connectivity index (χ1n) is 8.83. The molecular formula is C22H21N3O3. The number of methoxy groups -OCH3 is 3. The van der Waals surface area contributed by atoms with Crippen LogP contribution in [0.25, 0.3) is 33.3 Å². The van der Waals surface area contributed by atoms with Crippen molar-refractivity contribution in [3.63, 3.8) is 0 Å². The molecular weight excluding hydrogens is 354 g/mol. The summed E-state index contributed by atoms with van der Waals surface area (Å²) in [6.07, 6.45) is 3.76. The van der Waals surface area contributed by atoms with E-state index in [1.165, 1.54) is 0 Å². The minimum absolute atomic E-state index is 0.641. The Balaban J connectivity index is 2.03. The van der Waals surface area contributed by atoms with Gasteiger partial charge in [-0.15, -0.1) is 0 Å². The highest BCUT2D eigenvalue weighted by Crippen LogP contribution is 2.39. The third-order valence-electron chi connectivity index (χ3n) is 4.70. The zero-order valence-corrected chi connectivity index (χ0v) is 16.3. The lowest BCUT2D eigenvalue weighted by molar-refractivity contribution is 0.356. The molecule has 0 amide bonds. The van der Waals surface area contributed by atoms with E-state index in [2.05, 4.69) is 17.2 Å². The Morgan fingerprint density at radius 3 is 2.32 bits per heavy atom. The van der Waals surface area contributed by atoms with Crippen LogP contribution in [0, 0.1) is 0 Å². The van der Waals surface area contributed by atoms with E-state index < -0.39 is 0 Å². The quantitative estimate of drug-likeness (QED) is 0.520. The fraction of sp³-hybridized carbons (Fsp3) is 0.182. The van der Waals surface area contributed by atoms with Crippen LogP contribution in [-0.2, 0) is 7.05 Å². The number of hydrogen-bond acceptors (Lipinski definition) is 5. The molecule has 28 heavy (non-hydrogen) atoms. The summed E-state index contributed by atoms with van der Waals surface area (Å²) in [6, 6.07) is 13.9. The zero-order valence-electron chi connectivity index (χ0n) is 16.3. The molecule has 0 radical (unpaired) electrons. The lowest BCUT2D eigenvalue weighted by atomic mass is 9.98. The fourth-order valence-corrected chi connectivity index (χ4v) is 3.28. The van der Waals surface area contributed by atoms with Gasteiger partial charge in [-0.2, -0.15) is 5.10 Å². The second kappa shape index (κ2) is 7.23. The minimum Gasteiger partial charge on any atom is -0.497 e. The van der Waals surface area contributed by atoms with Gasteiger partial charge in [0.2, 0.25) is 0 Å². The summed E-state index contributed by atoms with van der Waals surface area (Å²) in [5.74, 6) is 2.10. The normalized spacial score (nSPS) is 10.9. The average Bonchev–Trinajstić information content (AvgIpc) is 3.18. The highest BCUT2D eigenvalue weighted by atomic mass is 16.5.